The highest BCUT2D eigenvalue weighted by atomic mass is 79.9. The highest BCUT2D eigenvalue weighted by molar-refractivity contribution is 9.10. The Balaban J connectivity index is 1.92. The zero-order valence-corrected chi connectivity index (χ0v) is 9.77. The van der Waals surface area contributed by atoms with Gasteiger partial charge in [-0.25, -0.2) is 0 Å². The maximum Gasteiger partial charge on any atom is 0.124 e. The maximum atomic E-state index is 9.49. The van der Waals surface area contributed by atoms with Gasteiger partial charge in [-0.15, -0.1) is 0 Å². The summed E-state index contributed by atoms with van der Waals surface area (Å²) < 4.78 is 0.906. The lowest BCUT2D eigenvalue weighted by Crippen LogP contribution is -1.90. The third-order valence-electron chi connectivity index (χ3n) is 2.26. The first-order chi connectivity index (χ1) is 7.25. The molecule has 0 atom stereocenters. The van der Waals surface area contributed by atoms with Gasteiger partial charge in [0.1, 0.15) is 12.4 Å². The summed E-state index contributed by atoms with van der Waals surface area (Å²) in [7, 11) is 0. The van der Waals surface area contributed by atoms with Crippen LogP contribution in [-0.4, -0.2) is 17.9 Å². The average molecular weight is 270 g/mol. The molecule has 0 unspecified atom stereocenters. The van der Waals surface area contributed by atoms with Gasteiger partial charge >= 0.3 is 0 Å². The lowest BCUT2D eigenvalue weighted by Gasteiger charge is -1.99. The van der Waals surface area contributed by atoms with E-state index in [-0.39, 0.29) is 5.75 Å². The summed E-state index contributed by atoms with van der Waals surface area (Å²) in [4.78, 5) is 5.10. The molecule has 15 heavy (non-hydrogen) atoms. The minimum atomic E-state index is 0.206. The molecule has 1 fully saturated rings. The maximum absolute atomic E-state index is 9.49. The molecule has 1 aromatic carbocycles. The van der Waals surface area contributed by atoms with Crippen LogP contribution < -0.4 is 0 Å². The first-order valence-electron chi connectivity index (χ1n) is 4.89. The Kier molecular flexibility index (Phi) is 3.26. The molecule has 0 aliphatic heterocycles. The van der Waals surface area contributed by atoms with E-state index >= 15 is 0 Å². The van der Waals surface area contributed by atoms with Gasteiger partial charge in [0.25, 0.3) is 0 Å². The molecule has 1 N–H and O–H groups in total. The van der Waals surface area contributed by atoms with Gasteiger partial charge in [-0.1, -0.05) is 21.1 Å². The number of hydrogen-bond donors (Lipinski definition) is 1. The van der Waals surface area contributed by atoms with Crippen LogP contribution in [0.2, 0.25) is 0 Å². The molecule has 1 aromatic rings. The zero-order valence-electron chi connectivity index (χ0n) is 8.19. The van der Waals surface area contributed by atoms with E-state index in [9.17, 15) is 5.11 Å². The van der Waals surface area contributed by atoms with Crippen LogP contribution in [0.3, 0.4) is 0 Å². The molecule has 0 spiro atoms. The summed E-state index contributed by atoms with van der Waals surface area (Å²) in [6, 6.07) is 5.18. The predicted molar refractivity (Wildman–Crippen MR) is 62.1 cm³/mol. The van der Waals surface area contributed by atoms with Crippen molar-refractivity contribution in [1.82, 2.24) is 0 Å². The third kappa shape index (κ3) is 3.23. The van der Waals surface area contributed by atoms with E-state index in [1.165, 1.54) is 19.1 Å². The van der Waals surface area contributed by atoms with Crippen molar-refractivity contribution in [2.45, 2.75) is 12.8 Å². The highest BCUT2D eigenvalue weighted by Gasteiger charge is 2.21. The second kappa shape index (κ2) is 4.66. The number of oxime groups is 1. The molecule has 80 valence electrons. The van der Waals surface area contributed by atoms with Crippen molar-refractivity contribution in [3.8, 4) is 5.75 Å². The fourth-order valence-corrected chi connectivity index (χ4v) is 1.53. The molecule has 1 saturated carbocycles. The van der Waals surface area contributed by atoms with E-state index in [2.05, 4.69) is 21.1 Å². The minimum absolute atomic E-state index is 0.206. The number of aromatic hydroxyl groups is 1. The fraction of sp³-hybridized carbons (Fsp3) is 0.364. The zero-order chi connectivity index (χ0) is 10.7. The summed E-state index contributed by atoms with van der Waals surface area (Å²) in [6.07, 6.45) is 4.03. The molecule has 3 nitrogen and oxygen atoms in total. The second-order valence-corrected chi connectivity index (χ2v) is 4.59. The smallest absolute Gasteiger partial charge is 0.124 e. The molecule has 0 aromatic heterocycles. The molecular weight excluding hydrogens is 258 g/mol. The van der Waals surface area contributed by atoms with Crippen molar-refractivity contribution in [2.24, 2.45) is 11.1 Å². The Morgan fingerprint density at radius 2 is 2.33 bits per heavy atom. The summed E-state index contributed by atoms with van der Waals surface area (Å²) in [6.45, 7) is 0.686. The molecule has 1 aliphatic rings. The number of nitrogens with zero attached hydrogens (tertiary/aromatic N) is 1. The van der Waals surface area contributed by atoms with E-state index in [4.69, 9.17) is 4.84 Å². The molecule has 0 heterocycles. The Morgan fingerprint density at radius 1 is 1.53 bits per heavy atom. The van der Waals surface area contributed by atoms with E-state index in [0.717, 1.165) is 4.47 Å². The monoisotopic (exact) mass is 269 g/mol. The summed E-state index contributed by atoms with van der Waals surface area (Å²) in [5.74, 6) is 0.898. The van der Waals surface area contributed by atoms with Crippen LogP contribution in [0.25, 0.3) is 0 Å². The SMILES string of the molecule is Oc1ccc(Br)cc1C=NOCC1CC1. The molecule has 0 radical (unpaired) electrons. The van der Waals surface area contributed by atoms with Crippen molar-refractivity contribution in [2.75, 3.05) is 6.61 Å². The van der Waals surface area contributed by atoms with E-state index in [1.807, 2.05) is 0 Å². The van der Waals surface area contributed by atoms with Crippen LogP contribution >= 0.6 is 15.9 Å². The van der Waals surface area contributed by atoms with Gasteiger partial charge in [-0.2, -0.15) is 0 Å². The van der Waals surface area contributed by atoms with Crippen molar-refractivity contribution < 1.29 is 9.94 Å². The molecule has 0 amide bonds. The lowest BCUT2D eigenvalue weighted by molar-refractivity contribution is 0.135. The number of halogens is 1. The molecule has 0 saturated heterocycles. The van der Waals surface area contributed by atoms with Crippen molar-refractivity contribution in [1.29, 1.82) is 0 Å². The average Bonchev–Trinajstić information content (AvgIpc) is 3.01. The number of rotatable bonds is 4. The molecule has 1 aliphatic carbocycles. The van der Waals surface area contributed by atoms with Crippen molar-refractivity contribution in [3.05, 3.63) is 28.2 Å². The summed E-state index contributed by atoms with van der Waals surface area (Å²) in [5.41, 5.74) is 0.653. The second-order valence-electron chi connectivity index (χ2n) is 3.68. The molecule has 2 rings (SSSR count). The topological polar surface area (TPSA) is 41.8 Å². The Morgan fingerprint density at radius 3 is 3.07 bits per heavy atom. The van der Waals surface area contributed by atoms with E-state index < -0.39 is 0 Å². The Labute approximate surface area is 96.9 Å². The normalized spacial score (nSPS) is 15.8. The quantitative estimate of drug-likeness (QED) is 0.675. The number of hydrogen-bond acceptors (Lipinski definition) is 3. The highest BCUT2D eigenvalue weighted by Crippen LogP contribution is 2.28. The summed E-state index contributed by atoms with van der Waals surface area (Å²) in [5, 5.41) is 13.3. The van der Waals surface area contributed by atoms with Gasteiger partial charge in [-0.05, 0) is 37.0 Å². The van der Waals surface area contributed by atoms with Crippen LogP contribution in [0.4, 0.5) is 0 Å². The largest absolute Gasteiger partial charge is 0.507 e. The van der Waals surface area contributed by atoms with Gasteiger partial charge < -0.3 is 9.94 Å². The van der Waals surface area contributed by atoms with E-state index in [0.29, 0.717) is 18.1 Å². The van der Waals surface area contributed by atoms with Crippen molar-refractivity contribution >= 4 is 22.1 Å². The minimum Gasteiger partial charge on any atom is -0.507 e. The third-order valence-corrected chi connectivity index (χ3v) is 2.76. The van der Waals surface area contributed by atoms with Crippen LogP contribution in [0.5, 0.6) is 5.75 Å². The van der Waals surface area contributed by atoms with Crippen LogP contribution in [-0.2, 0) is 4.84 Å². The Hall–Kier alpha value is -1.03. The predicted octanol–water partition coefficient (Wildman–Crippen LogP) is 2.92. The van der Waals surface area contributed by atoms with Gasteiger partial charge in [0, 0.05) is 10.0 Å². The van der Waals surface area contributed by atoms with Gasteiger partial charge in [0.2, 0.25) is 0 Å². The lowest BCUT2D eigenvalue weighted by atomic mass is 10.2. The molecule has 0 bridgehead atoms. The molecular formula is C11H12BrNO2. The number of phenolic OH excluding ortho intramolecular Hbond substituents is 1. The van der Waals surface area contributed by atoms with Gasteiger partial charge in [0.05, 0.1) is 6.21 Å². The first kappa shape index (κ1) is 10.5. The van der Waals surface area contributed by atoms with Crippen LogP contribution in [0.15, 0.2) is 27.8 Å². The number of benzene rings is 1. The van der Waals surface area contributed by atoms with Gasteiger partial charge in [-0.3, -0.25) is 0 Å². The first-order valence-corrected chi connectivity index (χ1v) is 5.69. The fourth-order valence-electron chi connectivity index (χ4n) is 1.16. The Bertz CT molecular complexity index is 375. The number of phenols is 1. The van der Waals surface area contributed by atoms with Gasteiger partial charge in [0.15, 0.2) is 0 Å². The van der Waals surface area contributed by atoms with Crippen molar-refractivity contribution in [3.63, 3.8) is 0 Å². The van der Waals surface area contributed by atoms with E-state index in [1.54, 1.807) is 18.2 Å². The standard InChI is InChI=1S/C11H12BrNO2/c12-10-3-4-11(14)9(5-10)6-13-15-7-8-1-2-8/h3-6,8,14H,1-2,7H2. The van der Waals surface area contributed by atoms with Crippen LogP contribution in [0.1, 0.15) is 18.4 Å². The molecule has 4 heteroatoms. The summed E-state index contributed by atoms with van der Waals surface area (Å²) >= 11 is 3.32. The van der Waals surface area contributed by atoms with Crippen LogP contribution in [0, 0.1) is 5.92 Å².